The van der Waals surface area contributed by atoms with Gasteiger partial charge in [-0.1, -0.05) is 24.3 Å². The number of sulfone groups is 1. The summed E-state index contributed by atoms with van der Waals surface area (Å²) in [4.78, 5) is 12.9. The van der Waals surface area contributed by atoms with E-state index in [9.17, 15) is 13.2 Å². The Hall–Kier alpha value is -3.07. The highest BCUT2D eigenvalue weighted by Gasteiger charge is 2.16. The van der Waals surface area contributed by atoms with Crippen molar-refractivity contribution in [3.05, 3.63) is 66.0 Å². The third-order valence-corrected chi connectivity index (χ3v) is 5.03. The highest BCUT2D eigenvalue weighted by molar-refractivity contribution is 7.90. The molecule has 1 unspecified atom stereocenters. The average Bonchev–Trinajstić information content (AvgIpc) is 3.15. The van der Waals surface area contributed by atoms with Gasteiger partial charge in [-0.3, -0.25) is 4.79 Å². The van der Waals surface area contributed by atoms with E-state index in [2.05, 4.69) is 20.8 Å². The Morgan fingerprint density at radius 1 is 1.12 bits per heavy atom. The number of benzene rings is 2. The zero-order chi connectivity index (χ0) is 18.7. The van der Waals surface area contributed by atoms with Crippen LogP contribution < -0.4 is 5.32 Å². The van der Waals surface area contributed by atoms with E-state index in [-0.39, 0.29) is 16.8 Å². The summed E-state index contributed by atoms with van der Waals surface area (Å²) in [5.41, 5.74) is 1.79. The molecular weight excluding hydrogens is 354 g/mol. The predicted molar refractivity (Wildman–Crippen MR) is 94.6 cm³/mol. The number of aromatic nitrogens is 4. The molecule has 134 valence electrons. The van der Waals surface area contributed by atoms with Gasteiger partial charge in [-0.05, 0) is 47.2 Å². The molecule has 1 amide bonds. The molecule has 3 aromatic rings. The van der Waals surface area contributed by atoms with Crippen molar-refractivity contribution in [1.82, 2.24) is 25.5 Å². The molecule has 1 aromatic heterocycles. The lowest BCUT2D eigenvalue weighted by atomic mass is 10.1. The first-order valence-electron chi connectivity index (χ1n) is 7.79. The van der Waals surface area contributed by atoms with Crippen LogP contribution >= 0.6 is 0 Å². The number of hydrogen-bond donors (Lipinski definition) is 1. The molecule has 0 saturated heterocycles. The van der Waals surface area contributed by atoms with Crippen LogP contribution in [0, 0.1) is 0 Å². The van der Waals surface area contributed by atoms with Crippen LogP contribution in [0.4, 0.5) is 0 Å². The zero-order valence-electron chi connectivity index (χ0n) is 14.2. The van der Waals surface area contributed by atoms with Crippen molar-refractivity contribution in [2.75, 3.05) is 6.26 Å². The maximum absolute atomic E-state index is 12.7. The van der Waals surface area contributed by atoms with Crippen LogP contribution in [0.3, 0.4) is 0 Å². The van der Waals surface area contributed by atoms with Gasteiger partial charge in [0.1, 0.15) is 6.33 Å². The van der Waals surface area contributed by atoms with E-state index < -0.39 is 9.84 Å². The quantitative estimate of drug-likeness (QED) is 0.729. The highest BCUT2D eigenvalue weighted by atomic mass is 32.2. The molecular formula is C17H17N5O3S. The molecule has 0 aliphatic rings. The van der Waals surface area contributed by atoms with E-state index >= 15 is 0 Å². The number of nitrogens with one attached hydrogen (secondary N) is 1. The van der Waals surface area contributed by atoms with Gasteiger partial charge < -0.3 is 5.32 Å². The summed E-state index contributed by atoms with van der Waals surface area (Å²) in [6.45, 7) is 1.83. The second-order valence-corrected chi connectivity index (χ2v) is 7.82. The minimum absolute atomic E-state index is 0.240. The number of rotatable bonds is 5. The van der Waals surface area contributed by atoms with Crippen molar-refractivity contribution in [2.45, 2.75) is 17.9 Å². The van der Waals surface area contributed by atoms with E-state index in [0.717, 1.165) is 11.8 Å². The Morgan fingerprint density at radius 3 is 2.42 bits per heavy atom. The Kier molecular flexibility index (Phi) is 4.81. The number of amides is 1. The van der Waals surface area contributed by atoms with Crippen LogP contribution in [0.15, 0.2) is 59.8 Å². The van der Waals surface area contributed by atoms with E-state index in [4.69, 9.17) is 0 Å². The molecule has 0 saturated carbocycles. The Balaban J connectivity index is 1.80. The topological polar surface area (TPSA) is 107 Å². The van der Waals surface area contributed by atoms with Crippen molar-refractivity contribution in [1.29, 1.82) is 0 Å². The van der Waals surface area contributed by atoms with Gasteiger partial charge in [0.05, 0.1) is 22.2 Å². The molecule has 1 N–H and O–H groups in total. The summed E-state index contributed by atoms with van der Waals surface area (Å²) in [5, 5.41) is 13.9. The SMILES string of the molecule is CC(NC(=O)c1ccccc1-n1cnnn1)c1ccc(S(C)(=O)=O)cc1. The molecule has 1 atom stereocenters. The van der Waals surface area contributed by atoms with Gasteiger partial charge in [0.2, 0.25) is 0 Å². The number of hydrogen-bond acceptors (Lipinski definition) is 6. The van der Waals surface area contributed by atoms with Crippen LogP contribution in [0.5, 0.6) is 0 Å². The van der Waals surface area contributed by atoms with Crippen LogP contribution in [-0.4, -0.2) is 40.8 Å². The zero-order valence-corrected chi connectivity index (χ0v) is 15.0. The molecule has 0 fully saturated rings. The lowest BCUT2D eigenvalue weighted by molar-refractivity contribution is 0.0939. The number of carbonyl (C=O) groups is 1. The van der Waals surface area contributed by atoms with Gasteiger partial charge in [0.25, 0.3) is 5.91 Å². The van der Waals surface area contributed by atoms with Gasteiger partial charge >= 0.3 is 0 Å². The molecule has 3 rings (SSSR count). The minimum atomic E-state index is -3.25. The predicted octanol–water partition coefficient (Wildman–Crippen LogP) is 1.56. The Bertz CT molecular complexity index is 1010. The van der Waals surface area contributed by atoms with Gasteiger partial charge in [-0.25, -0.2) is 8.42 Å². The first-order valence-corrected chi connectivity index (χ1v) is 9.68. The van der Waals surface area contributed by atoms with Crippen molar-refractivity contribution >= 4 is 15.7 Å². The van der Waals surface area contributed by atoms with E-state index in [0.29, 0.717) is 11.3 Å². The smallest absolute Gasteiger partial charge is 0.253 e. The maximum atomic E-state index is 12.7. The fourth-order valence-electron chi connectivity index (χ4n) is 2.50. The lowest BCUT2D eigenvalue weighted by Gasteiger charge is -2.16. The molecule has 26 heavy (non-hydrogen) atoms. The van der Waals surface area contributed by atoms with Crippen LogP contribution in [0.25, 0.3) is 5.69 Å². The number of carbonyl (C=O) groups excluding carboxylic acids is 1. The first kappa shape index (κ1) is 17.7. The molecule has 8 nitrogen and oxygen atoms in total. The van der Waals surface area contributed by atoms with E-state index in [1.54, 1.807) is 36.4 Å². The van der Waals surface area contributed by atoms with Gasteiger partial charge in [0, 0.05) is 6.26 Å². The monoisotopic (exact) mass is 371 g/mol. The Morgan fingerprint density at radius 2 is 1.81 bits per heavy atom. The normalized spacial score (nSPS) is 12.5. The van der Waals surface area contributed by atoms with Gasteiger partial charge in [0.15, 0.2) is 9.84 Å². The third kappa shape index (κ3) is 3.77. The van der Waals surface area contributed by atoms with Crippen LogP contribution in [0.1, 0.15) is 28.9 Å². The standard InChI is InChI=1S/C17H17N5O3S/c1-12(13-7-9-14(10-8-13)26(2,24)25)19-17(23)15-5-3-4-6-16(15)22-11-18-20-21-22/h3-12H,1-2H3,(H,19,23). The molecule has 2 aromatic carbocycles. The number of para-hydroxylation sites is 1. The second kappa shape index (κ2) is 7.04. The summed E-state index contributed by atoms with van der Waals surface area (Å²) < 4.78 is 24.5. The summed E-state index contributed by atoms with van der Waals surface area (Å²) in [7, 11) is -3.25. The third-order valence-electron chi connectivity index (χ3n) is 3.90. The number of nitrogens with zero attached hydrogens (tertiary/aromatic N) is 4. The van der Waals surface area contributed by atoms with Crippen molar-refractivity contribution in [2.24, 2.45) is 0 Å². The molecule has 9 heteroatoms. The maximum Gasteiger partial charge on any atom is 0.253 e. The van der Waals surface area contributed by atoms with Crippen LogP contribution in [-0.2, 0) is 9.84 Å². The summed E-state index contributed by atoms with van der Waals surface area (Å²) in [5.74, 6) is -0.282. The Labute approximate surface area is 150 Å². The molecule has 1 heterocycles. The highest BCUT2D eigenvalue weighted by Crippen LogP contribution is 2.18. The van der Waals surface area contributed by atoms with Crippen LogP contribution in [0.2, 0.25) is 0 Å². The van der Waals surface area contributed by atoms with Gasteiger partial charge in [-0.2, -0.15) is 4.68 Å². The summed E-state index contributed by atoms with van der Waals surface area (Å²) >= 11 is 0. The summed E-state index contributed by atoms with van der Waals surface area (Å²) in [6, 6.07) is 13.1. The average molecular weight is 371 g/mol. The molecule has 0 aliphatic heterocycles. The fraction of sp³-hybridized carbons (Fsp3) is 0.176. The molecule has 0 bridgehead atoms. The minimum Gasteiger partial charge on any atom is -0.345 e. The largest absolute Gasteiger partial charge is 0.345 e. The second-order valence-electron chi connectivity index (χ2n) is 5.81. The van der Waals surface area contributed by atoms with Crippen molar-refractivity contribution < 1.29 is 13.2 Å². The first-order chi connectivity index (χ1) is 12.4. The van der Waals surface area contributed by atoms with Gasteiger partial charge in [-0.15, -0.1) is 5.10 Å². The van der Waals surface area contributed by atoms with E-state index in [1.807, 2.05) is 6.92 Å². The number of tetrazole rings is 1. The molecule has 0 spiro atoms. The molecule has 0 aliphatic carbocycles. The van der Waals surface area contributed by atoms with E-state index in [1.165, 1.54) is 23.1 Å². The fourth-order valence-corrected chi connectivity index (χ4v) is 3.13. The van der Waals surface area contributed by atoms with Crippen molar-refractivity contribution in [3.8, 4) is 5.69 Å². The summed E-state index contributed by atoms with van der Waals surface area (Å²) in [6.07, 6.45) is 2.57. The molecule has 0 radical (unpaired) electrons. The van der Waals surface area contributed by atoms with Crippen molar-refractivity contribution in [3.63, 3.8) is 0 Å². The lowest BCUT2D eigenvalue weighted by Crippen LogP contribution is -2.27.